The van der Waals surface area contributed by atoms with Crippen LogP contribution in [0.1, 0.15) is 26.3 Å². The van der Waals surface area contributed by atoms with Crippen molar-refractivity contribution in [1.82, 2.24) is 0 Å². The van der Waals surface area contributed by atoms with Crippen LogP contribution in [0.25, 0.3) is 139 Å². The van der Waals surface area contributed by atoms with Gasteiger partial charge in [-0.25, -0.2) is 0 Å². The van der Waals surface area contributed by atoms with E-state index in [2.05, 4.69) is 233 Å². The third kappa shape index (κ3) is 5.78. The lowest BCUT2D eigenvalue weighted by molar-refractivity contribution is 0.590. The normalized spacial score (nSPS) is 12.3. The highest BCUT2D eigenvalue weighted by Crippen LogP contribution is 2.55. The molecule has 0 bridgehead atoms. The molecule has 0 aliphatic heterocycles. The van der Waals surface area contributed by atoms with Crippen molar-refractivity contribution in [3.05, 3.63) is 218 Å². The van der Waals surface area contributed by atoms with Crippen molar-refractivity contribution in [2.75, 3.05) is 0 Å². The molecule has 320 valence electrons. The van der Waals surface area contributed by atoms with Gasteiger partial charge in [-0.05, 0) is 117 Å². The summed E-state index contributed by atoms with van der Waals surface area (Å²) in [6, 6.07) is 80.1. The van der Waals surface area contributed by atoms with E-state index in [0.717, 1.165) is 0 Å². The summed E-state index contributed by atoms with van der Waals surface area (Å²) in [6.45, 7) is 6.88. The Morgan fingerprint density at radius 2 is 0.618 bits per heavy atom. The average Bonchev–Trinajstić information content (AvgIpc) is 3.97. The van der Waals surface area contributed by atoms with Crippen LogP contribution in [0.4, 0.5) is 0 Å². The first-order valence-corrected chi connectivity index (χ1v) is 25.3. The van der Waals surface area contributed by atoms with Crippen LogP contribution < -0.4 is 0 Å². The molecular weight excluding hydrogens is 857 g/mol. The average molecular weight is 901 g/mol. The summed E-state index contributed by atoms with van der Waals surface area (Å²) in [6.07, 6.45) is 0. The molecule has 0 nitrogen and oxygen atoms in total. The first-order valence-electron chi connectivity index (χ1n) is 23.7. The maximum Gasteiger partial charge on any atom is 0.0440 e. The zero-order valence-electron chi connectivity index (χ0n) is 38.0. The highest BCUT2D eigenvalue weighted by Gasteiger charge is 2.26. The second-order valence-electron chi connectivity index (χ2n) is 19.4. The topological polar surface area (TPSA) is 0 Å². The summed E-state index contributed by atoms with van der Waals surface area (Å²) in [5.74, 6) is 0. The predicted octanol–water partition coefficient (Wildman–Crippen LogP) is 20.2. The number of benzene rings is 12. The van der Waals surface area contributed by atoms with Crippen molar-refractivity contribution >= 4 is 117 Å². The minimum absolute atomic E-state index is 0.0742. The van der Waals surface area contributed by atoms with Crippen molar-refractivity contribution in [1.29, 1.82) is 0 Å². The number of fused-ring (bicyclic) bond motifs is 13. The van der Waals surface area contributed by atoms with Gasteiger partial charge in [-0.2, -0.15) is 0 Å². The molecule has 0 aliphatic carbocycles. The lowest BCUT2D eigenvalue weighted by Gasteiger charge is -2.21. The van der Waals surface area contributed by atoms with E-state index in [-0.39, 0.29) is 5.41 Å². The molecular formula is C66H44S2. The Hall–Kier alpha value is -7.62. The van der Waals surface area contributed by atoms with Crippen LogP contribution in [0.2, 0.25) is 0 Å². The summed E-state index contributed by atoms with van der Waals surface area (Å²) in [5.41, 5.74) is 11.6. The van der Waals surface area contributed by atoms with Crippen molar-refractivity contribution in [2.45, 2.75) is 26.2 Å². The third-order valence-electron chi connectivity index (χ3n) is 14.6. The van der Waals surface area contributed by atoms with Crippen molar-refractivity contribution in [3.63, 3.8) is 0 Å². The smallest absolute Gasteiger partial charge is 0.0440 e. The van der Waals surface area contributed by atoms with E-state index < -0.39 is 0 Å². The molecule has 0 atom stereocenters. The Kier molecular flexibility index (Phi) is 8.69. The summed E-state index contributed by atoms with van der Waals surface area (Å²) in [4.78, 5) is 0. The molecule has 0 saturated carbocycles. The van der Waals surface area contributed by atoms with Gasteiger partial charge in [-0.15, -0.1) is 22.7 Å². The Bertz CT molecular complexity index is 4270. The fraction of sp³-hybridized carbons (Fsp3) is 0.0606. The summed E-state index contributed by atoms with van der Waals surface area (Å²) in [7, 11) is 0. The van der Waals surface area contributed by atoms with E-state index in [9.17, 15) is 0 Å². The van der Waals surface area contributed by atoms with Crippen LogP contribution in [0.15, 0.2) is 212 Å². The van der Waals surface area contributed by atoms with Gasteiger partial charge in [0.1, 0.15) is 0 Å². The fourth-order valence-electron chi connectivity index (χ4n) is 11.6. The molecule has 14 rings (SSSR count). The fourth-order valence-corrected chi connectivity index (χ4v) is 14.0. The molecule has 2 heteroatoms. The molecule has 14 aromatic rings. The highest BCUT2D eigenvalue weighted by atomic mass is 32.1. The highest BCUT2D eigenvalue weighted by molar-refractivity contribution is 7.27. The van der Waals surface area contributed by atoms with Gasteiger partial charge >= 0.3 is 0 Å². The van der Waals surface area contributed by atoms with Crippen LogP contribution in [0.5, 0.6) is 0 Å². The Morgan fingerprint density at radius 3 is 1.00 bits per heavy atom. The molecule has 0 amide bonds. The van der Waals surface area contributed by atoms with Gasteiger partial charge in [0, 0.05) is 56.9 Å². The number of hydrogen-bond acceptors (Lipinski definition) is 2. The molecule has 0 aliphatic rings. The van der Waals surface area contributed by atoms with E-state index in [1.165, 1.54) is 144 Å². The van der Waals surface area contributed by atoms with Gasteiger partial charge in [0.2, 0.25) is 0 Å². The van der Waals surface area contributed by atoms with Gasteiger partial charge in [0.05, 0.1) is 0 Å². The zero-order valence-corrected chi connectivity index (χ0v) is 39.7. The molecule has 0 unspecified atom stereocenters. The number of rotatable bonds is 4. The summed E-state index contributed by atoms with van der Waals surface area (Å²) in [5, 5.41) is 18.1. The van der Waals surface area contributed by atoms with Crippen LogP contribution >= 0.6 is 22.7 Å². The number of hydrogen-bond donors (Lipinski definition) is 0. The maximum atomic E-state index is 2.57. The molecule has 12 aromatic carbocycles. The van der Waals surface area contributed by atoms with Crippen LogP contribution in [-0.2, 0) is 5.41 Å². The first kappa shape index (κ1) is 39.5. The Morgan fingerprint density at radius 1 is 0.294 bits per heavy atom. The molecule has 68 heavy (non-hydrogen) atoms. The third-order valence-corrected chi connectivity index (χ3v) is 17.0. The van der Waals surface area contributed by atoms with E-state index >= 15 is 0 Å². The van der Waals surface area contributed by atoms with Crippen molar-refractivity contribution < 1.29 is 0 Å². The molecule has 0 saturated heterocycles. The lowest BCUT2D eigenvalue weighted by atomic mass is 9.82. The first-order chi connectivity index (χ1) is 33.4. The summed E-state index contributed by atoms with van der Waals surface area (Å²) >= 11 is 3.88. The van der Waals surface area contributed by atoms with E-state index in [1.54, 1.807) is 0 Å². The molecule has 0 fully saturated rings. The largest absolute Gasteiger partial charge is 0.135 e. The second-order valence-corrected chi connectivity index (χ2v) is 21.5. The maximum absolute atomic E-state index is 2.57. The van der Waals surface area contributed by atoms with Gasteiger partial charge in [0.15, 0.2) is 0 Å². The van der Waals surface area contributed by atoms with Crippen LogP contribution in [-0.4, -0.2) is 0 Å². The number of thiophene rings is 2. The molecule has 2 heterocycles. The van der Waals surface area contributed by atoms with Gasteiger partial charge in [-0.3, -0.25) is 0 Å². The van der Waals surface area contributed by atoms with Crippen LogP contribution in [0, 0.1) is 0 Å². The monoisotopic (exact) mass is 900 g/mol. The minimum Gasteiger partial charge on any atom is -0.135 e. The Labute approximate surface area is 403 Å². The van der Waals surface area contributed by atoms with E-state index in [1.807, 2.05) is 22.7 Å². The van der Waals surface area contributed by atoms with Gasteiger partial charge < -0.3 is 0 Å². The standard InChI is InChI=1S/C66H44S2/c1-66(2,3)42-35-33-40(34-36-42)58-45-23-9-13-27-49(45)61(50-28-14-10-24-46(50)58)54-38-41-37-53(60-47-25-11-7-21-43(47)57(39-19-5-4-6-20-39)44-22-8-12-26-48(44)60)64-62(51-29-15-17-31-55(51)67-64)59(41)63-52-30-16-18-32-56(52)68-65(54)63/h4-38H,1-3H3. The molecule has 0 radical (unpaired) electrons. The van der Waals surface area contributed by atoms with E-state index in [4.69, 9.17) is 0 Å². The Balaban J connectivity index is 1.16. The zero-order chi connectivity index (χ0) is 45.3. The van der Waals surface area contributed by atoms with Crippen LogP contribution in [0.3, 0.4) is 0 Å². The minimum atomic E-state index is 0.0742. The predicted molar refractivity (Wildman–Crippen MR) is 300 cm³/mol. The second kappa shape index (κ2) is 14.9. The van der Waals surface area contributed by atoms with E-state index in [0.29, 0.717) is 0 Å². The van der Waals surface area contributed by atoms with Gasteiger partial charge in [0.25, 0.3) is 0 Å². The SMILES string of the molecule is CC(C)(C)c1ccc(-c2c3ccccc3c(-c3cc4cc(-c5c6ccccc6c(-c6ccccc6)c6ccccc56)c5sc6ccccc6c5c4c4c3sc3ccccc34)c3ccccc23)cc1. The molecule has 0 spiro atoms. The lowest BCUT2D eigenvalue weighted by Crippen LogP contribution is -2.10. The quantitative estimate of drug-likeness (QED) is 0.154. The summed E-state index contributed by atoms with van der Waals surface area (Å²) < 4.78 is 5.29. The van der Waals surface area contributed by atoms with Crippen molar-refractivity contribution in [3.8, 4) is 44.5 Å². The van der Waals surface area contributed by atoms with Gasteiger partial charge in [-0.1, -0.05) is 209 Å². The molecule has 2 aromatic heterocycles. The van der Waals surface area contributed by atoms with Crippen molar-refractivity contribution in [2.24, 2.45) is 0 Å². The molecule has 0 N–H and O–H groups in total.